The Kier molecular flexibility index (Phi) is 3.71. The molecule has 0 atom stereocenters. The molecule has 1 N–H and O–H groups in total. The molecule has 1 aromatic heterocycles. The van der Waals surface area contributed by atoms with Crippen LogP contribution in [0.3, 0.4) is 0 Å². The third kappa shape index (κ3) is 2.28. The molecule has 112 valence electrons. The predicted molar refractivity (Wildman–Crippen MR) is 88.1 cm³/mol. The number of nitrogens with one attached hydrogen (secondary N) is 1. The number of hydrogen-bond donors (Lipinski definition) is 1. The van der Waals surface area contributed by atoms with Gasteiger partial charge in [0.1, 0.15) is 0 Å². The highest BCUT2D eigenvalue weighted by molar-refractivity contribution is 5.83. The molecule has 0 aliphatic carbocycles. The van der Waals surface area contributed by atoms with E-state index >= 15 is 0 Å². The minimum atomic E-state index is 0.643. The molecule has 2 heterocycles. The van der Waals surface area contributed by atoms with Crippen LogP contribution in [-0.4, -0.2) is 28.3 Å². The number of hydrogen-bond acceptors (Lipinski definition) is 4. The van der Waals surface area contributed by atoms with E-state index in [2.05, 4.69) is 51.6 Å². The van der Waals surface area contributed by atoms with E-state index < -0.39 is 0 Å². The van der Waals surface area contributed by atoms with Crippen molar-refractivity contribution in [2.24, 2.45) is 5.11 Å². The lowest BCUT2D eigenvalue weighted by molar-refractivity contribution is -0.521. The maximum absolute atomic E-state index is 4.48. The molecule has 0 saturated heterocycles. The van der Waals surface area contributed by atoms with Crippen molar-refractivity contribution < 1.29 is 4.70 Å². The van der Waals surface area contributed by atoms with Gasteiger partial charge in [0.15, 0.2) is 6.54 Å². The third-order valence-corrected chi connectivity index (χ3v) is 3.87. The zero-order chi connectivity index (χ0) is 15.7. The number of nitrogens with zero attached hydrogens (tertiary/aromatic N) is 4. The molecule has 0 unspecified atom stereocenters. The lowest BCUT2D eigenvalue weighted by atomic mass is 9.96. The molecule has 3 rings (SSSR count). The van der Waals surface area contributed by atoms with Crippen LogP contribution >= 0.6 is 0 Å². The molecule has 5 nitrogen and oxygen atoms in total. The van der Waals surface area contributed by atoms with E-state index in [0.717, 1.165) is 29.1 Å². The van der Waals surface area contributed by atoms with Crippen molar-refractivity contribution in [3.63, 3.8) is 0 Å². The molecule has 0 radical (unpaired) electrons. The second-order valence-corrected chi connectivity index (χ2v) is 5.16. The fourth-order valence-electron chi connectivity index (χ4n) is 2.69. The van der Waals surface area contributed by atoms with Gasteiger partial charge in [-0.1, -0.05) is 16.8 Å². The van der Waals surface area contributed by atoms with Crippen LogP contribution in [0.1, 0.15) is 30.7 Å². The molecule has 5 heteroatoms. The van der Waals surface area contributed by atoms with E-state index in [4.69, 9.17) is 0 Å². The largest absolute Gasteiger partial charge is 0.357 e. The first-order valence-corrected chi connectivity index (χ1v) is 7.49. The van der Waals surface area contributed by atoms with E-state index in [9.17, 15) is 0 Å². The van der Waals surface area contributed by atoms with Gasteiger partial charge in [0.05, 0.1) is 5.69 Å². The Balaban J connectivity index is 2.02. The number of fused-ring (bicyclic) bond motifs is 1. The summed E-state index contributed by atoms with van der Waals surface area (Å²) in [6.45, 7) is 7.04. The zero-order valence-corrected chi connectivity index (χ0v) is 13.4. The summed E-state index contributed by atoms with van der Waals surface area (Å²) in [5, 5.41) is 7.39. The average molecular weight is 294 g/mol. The fraction of sp³-hybridized carbons (Fsp3) is 0.294. The standard InChI is InChI=1S/C17H20N5/c1-5-13(14-10-19-17(18-4)20-11(14)3)12-7-8-15-16(9-12)22(6-2)21-15/h5,7-10H,6H2,1-4H3,(H,18,19,20)/q+1/b13-5-. The highest BCUT2D eigenvalue weighted by Gasteiger charge is 2.27. The van der Waals surface area contributed by atoms with Gasteiger partial charge in [-0.15, -0.1) is 0 Å². The quantitative estimate of drug-likeness (QED) is 0.866. The van der Waals surface area contributed by atoms with Crippen molar-refractivity contribution in [3.05, 3.63) is 47.3 Å². The Morgan fingerprint density at radius 2 is 2.18 bits per heavy atom. The molecular formula is C17H20N5+. The second kappa shape index (κ2) is 5.67. The van der Waals surface area contributed by atoms with Crippen molar-refractivity contribution in [2.45, 2.75) is 20.8 Å². The van der Waals surface area contributed by atoms with E-state index in [1.165, 1.54) is 11.3 Å². The van der Waals surface area contributed by atoms with Gasteiger partial charge in [-0.2, -0.15) is 0 Å². The normalized spacial score (nSPS) is 13.3. The highest BCUT2D eigenvalue weighted by Crippen LogP contribution is 2.39. The first kappa shape index (κ1) is 14.4. The predicted octanol–water partition coefficient (Wildman–Crippen LogP) is 4.04. The summed E-state index contributed by atoms with van der Waals surface area (Å²) >= 11 is 0. The Bertz CT molecular complexity index is 790. The summed E-state index contributed by atoms with van der Waals surface area (Å²) in [6.07, 6.45) is 3.99. The summed E-state index contributed by atoms with van der Waals surface area (Å²) < 4.78 is 2.01. The summed E-state index contributed by atoms with van der Waals surface area (Å²) in [7, 11) is 1.82. The van der Waals surface area contributed by atoms with Crippen LogP contribution in [0.2, 0.25) is 0 Å². The monoisotopic (exact) mass is 294 g/mol. The van der Waals surface area contributed by atoms with Gasteiger partial charge in [0.25, 0.3) is 5.69 Å². The van der Waals surface area contributed by atoms with Gasteiger partial charge >= 0.3 is 0 Å². The Morgan fingerprint density at radius 3 is 2.82 bits per heavy atom. The fourth-order valence-corrected chi connectivity index (χ4v) is 2.69. The van der Waals surface area contributed by atoms with Crippen LogP contribution in [0.25, 0.3) is 5.57 Å². The van der Waals surface area contributed by atoms with Crippen LogP contribution in [-0.2, 0) is 0 Å². The molecule has 0 amide bonds. The maximum Gasteiger partial charge on any atom is 0.264 e. The molecule has 0 spiro atoms. The lowest BCUT2D eigenvalue weighted by Crippen LogP contribution is -2.09. The summed E-state index contributed by atoms with van der Waals surface area (Å²) in [5.41, 5.74) is 6.57. The Labute approximate surface area is 130 Å². The molecular weight excluding hydrogens is 274 g/mol. The van der Waals surface area contributed by atoms with E-state index in [1.54, 1.807) is 0 Å². The Morgan fingerprint density at radius 1 is 1.36 bits per heavy atom. The van der Waals surface area contributed by atoms with Crippen LogP contribution in [0.4, 0.5) is 17.3 Å². The Hall–Kier alpha value is -2.56. The van der Waals surface area contributed by atoms with Gasteiger partial charge < -0.3 is 5.32 Å². The molecule has 0 saturated carbocycles. The number of aromatic nitrogens is 2. The first-order chi connectivity index (χ1) is 10.7. The minimum absolute atomic E-state index is 0.643. The average Bonchev–Trinajstić information content (AvgIpc) is 2.52. The van der Waals surface area contributed by atoms with Gasteiger partial charge in [-0.3, -0.25) is 0 Å². The van der Waals surface area contributed by atoms with Crippen molar-refractivity contribution in [3.8, 4) is 0 Å². The van der Waals surface area contributed by atoms with Crippen LogP contribution in [0.5, 0.6) is 0 Å². The van der Waals surface area contributed by atoms with E-state index in [1.807, 2.05) is 31.8 Å². The molecule has 22 heavy (non-hydrogen) atoms. The number of benzene rings is 1. The minimum Gasteiger partial charge on any atom is -0.357 e. The molecule has 0 bridgehead atoms. The van der Waals surface area contributed by atoms with Crippen LogP contribution in [0.15, 0.2) is 35.6 Å². The molecule has 2 aromatic rings. The smallest absolute Gasteiger partial charge is 0.264 e. The van der Waals surface area contributed by atoms with Crippen molar-refractivity contribution in [2.75, 3.05) is 18.9 Å². The van der Waals surface area contributed by atoms with Crippen molar-refractivity contribution >= 4 is 22.9 Å². The first-order valence-electron chi connectivity index (χ1n) is 7.49. The summed E-state index contributed by atoms with van der Waals surface area (Å²) in [4.78, 5) is 8.82. The number of azo groups is 2. The van der Waals surface area contributed by atoms with Gasteiger partial charge in [0.2, 0.25) is 11.6 Å². The van der Waals surface area contributed by atoms with E-state index in [0.29, 0.717) is 5.95 Å². The van der Waals surface area contributed by atoms with Crippen LogP contribution < -0.4 is 5.32 Å². The zero-order valence-electron chi connectivity index (χ0n) is 13.4. The topological polar surface area (TPSA) is 53.2 Å². The van der Waals surface area contributed by atoms with E-state index in [-0.39, 0.29) is 0 Å². The number of rotatable bonds is 4. The van der Waals surface area contributed by atoms with Crippen LogP contribution in [0, 0.1) is 6.92 Å². The maximum atomic E-state index is 4.48. The molecule has 1 aliphatic rings. The highest BCUT2D eigenvalue weighted by atomic mass is 15.3. The summed E-state index contributed by atoms with van der Waals surface area (Å²) in [5.74, 6) is 0.643. The van der Waals surface area contributed by atoms with Crippen molar-refractivity contribution in [1.29, 1.82) is 0 Å². The number of allylic oxidation sites excluding steroid dienone is 1. The summed E-state index contributed by atoms with van der Waals surface area (Å²) in [6, 6.07) is 6.36. The van der Waals surface area contributed by atoms with Gasteiger partial charge in [-0.25, -0.2) is 9.97 Å². The third-order valence-electron chi connectivity index (χ3n) is 3.87. The lowest BCUT2D eigenvalue weighted by Gasteiger charge is -2.14. The molecule has 0 fully saturated rings. The number of anilines is 1. The molecule has 1 aliphatic heterocycles. The SMILES string of the molecule is C/C=C(/c1ccc2c(c1)[N+](CC)=N2)c1cnc(NC)nc1C. The van der Waals surface area contributed by atoms with Gasteiger partial charge in [0, 0.05) is 30.0 Å². The number of aryl methyl sites for hydroxylation is 1. The molecule has 1 aromatic carbocycles. The van der Waals surface area contributed by atoms with Crippen molar-refractivity contribution in [1.82, 2.24) is 9.97 Å². The van der Waals surface area contributed by atoms with Gasteiger partial charge in [-0.05, 0) is 38.0 Å². The second-order valence-electron chi connectivity index (χ2n) is 5.16.